The Morgan fingerprint density at radius 2 is 1.38 bits per heavy atom. The Morgan fingerprint density at radius 1 is 0.724 bits per heavy atom. The summed E-state index contributed by atoms with van der Waals surface area (Å²) in [5, 5.41) is 4.62. The standard InChI is InChI=1S/C26H19N2O/c29-26(24-12-10-20-6-2-4-8-22(20)16-24)17-28-14-13-25(27-18-28)23-11-9-19-5-1-3-7-21(19)15-23/h1-16,18H,17H2/q+1. The van der Waals surface area contributed by atoms with Crippen LogP contribution in [0, 0.1) is 0 Å². The van der Waals surface area contributed by atoms with Gasteiger partial charge in [-0.25, -0.2) is 4.57 Å². The Kier molecular flexibility index (Phi) is 4.34. The van der Waals surface area contributed by atoms with Crippen molar-refractivity contribution in [2.75, 3.05) is 0 Å². The van der Waals surface area contributed by atoms with Gasteiger partial charge in [-0.3, -0.25) is 4.79 Å². The van der Waals surface area contributed by atoms with E-state index in [9.17, 15) is 4.79 Å². The Balaban J connectivity index is 1.37. The van der Waals surface area contributed by atoms with E-state index in [2.05, 4.69) is 35.3 Å². The van der Waals surface area contributed by atoms with Gasteiger partial charge in [0.25, 0.3) is 6.33 Å². The Morgan fingerprint density at radius 3 is 2.07 bits per heavy atom. The first-order valence-corrected chi connectivity index (χ1v) is 9.62. The van der Waals surface area contributed by atoms with Crippen molar-refractivity contribution in [2.45, 2.75) is 6.54 Å². The molecule has 3 nitrogen and oxygen atoms in total. The first kappa shape index (κ1) is 17.3. The van der Waals surface area contributed by atoms with E-state index in [0.29, 0.717) is 0 Å². The smallest absolute Gasteiger partial charge is 0.287 e. The van der Waals surface area contributed by atoms with E-state index in [-0.39, 0.29) is 12.3 Å². The summed E-state index contributed by atoms with van der Waals surface area (Å²) in [5.41, 5.74) is 2.68. The third-order valence-electron chi connectivity index (χ3n) is 5.21. The van der Waals surface area contributed by atoms with E-state index in [4.69, 9.17) is 0 Å². The number of hydrogen-bond donors (Lipinski definition) is 0. The molecule has 0 N–H and O–H groups in total. The summed E-state index contributed by atoms with van der Waals surface area (Å²) >= 11 is 0. The van der Waals surface area contributed by atoms with Gasteiger partial charge in [0.15, 0.2) is 12.2 Å². The lowest BCUT2D eigenvalue weighted by molar-refractivity contribution is -0.686. The molecule has 0 saturated carbocycles. The topological polar surface area (TPSA) is 33.8 Å². The molecule has 0 unspecified atom stereocenters. The fourth-order valence-electron chi connectivity index (χ4n) is 3.62. The molecule has 1 aromatic heterocycles. The van der Waals surface area contributed by atoms with Gasteiger partial charge < -0.3 is 0 Å². The molecule has 3 heteroatoms. The first-order valence-electron chi connectivity index (χ1n) is 9.62. The molecule has 1 heterocycles. The number of Topliss-reactive ketones (excluding diaryl/α,β-unsaturated/α-hetero) is 1. The van der Waals surface area contributed by atoms with Gasteiger partial charge in [0.2, 0.25) is 5.78 Å². The number of fused-ring (bicyclic) bond motifs is 2. The average Bonchev–Trinajstić information content (AvgIpc) is 2.79. The quantitative estimate of drug-likeness (QED) is 0.319. The minimum atomic E-state index is 0.0704. The predicted octanol–water partition coefficient (Wildman–Crippen LogP) is 5.23. The van der Waals surface area contributed by atoms with Gasteiger partial charge in [-0.1, -0.05) is 66.7 Å². The molecule has 0 spiro atoms. The lowest BCUT2D eigenvalue weighted by Crippen LogP contribution is -2.37. The van der Waals surface area contributed by atoms with E-state index in [0.717, 1.165) is 27.6 Å². The highest BCUT2D eigenvalue weighted by Gasteiger charge is 2.12. The van der Waals surface area contributed by atoms with Crippen LogP contribution in [-0.4, -0.2) is 10.8 Å². The lowest BCUT2D eigenvalue weighted by Gasteiger charge is -2.03. The van der Waals surface area contributed by atoms with Crippen molar-refractivity contribution in [2.24, 2.45) is 0 Å². The van der Waals surface area contributed by atoms with E-state index < -0.39 is 0 Å². The SMILES string of the molecule is O=C(C[n+]1ccc(-c2ccc3ccccc3c2)nc1)c1ccc2ccccc2c1. The molecular weight excluding hydrogens is 356 g/mol. The first-order chi connectivity index (χ1) is 14.3. The molecule has 0 fully saturated rings. The van der Waals surface area contributed by atoms with Crippen molar-refractivity contribution >= 4 is 27.3 Å². The van der Waals surface area contributed by atoms with Crippen LogP contribution in [0.25, 0.3) is 32.8 Å². The maximum Gasteiger partial charge on any atom is 0.287 e. The molecule has 0 amide bonds. The van der Waals surface area contributed by atoms with Crippen molar-refractivity contribution in [3.8, 4) is 11.3 Å². The van der Waals surface area contributed by atoms with Crippen LogP contribution in [0.1, 0.15) is 10.4 Å². The minimum Gasteiger partial charge on any atom is -0.290 e. The summed E-state index contributed by atoms with van der Waals surface area (Å²) in [6.45, 7) is 0.267. The number of rotatable bonds is 4. The lowest BCUT2D eigenvalue weighted by atomic mass is 10.0. The molecule has 0 aliphatic heterocycles. The van der Waals surface area contributed by atoms with Gasteiger partial charge >= 0.3 is 0 Å². The van der Waals surface area contributed by atoms with Gasteiger partial charge in [0.05, 0.1) is 6.20 Å². The third kappa shape index (κ3) is 3.50. The number of aromatic nitrogens is 2. The fraction of sp³-hybridized carbons (Fsp3) is 0.0385. The number of carbonyl (C=O) groups excluding carboxylic acids is 1. The monoisotopic (exact) mass is 375 g/mol. The van der Waals surface area contributed by atoms with Crippen LogP contribution in [0.5, 0.6) is 0 Å². The van der Waals surface area contributed by atoms with Crippen LogP contribution in [0.15, 0.2) is 104 Å². The summed E-state index contributed by atoms with van der Waals surface area (Å²) in [4.78, 5) is 17.3. The van der Waals surface area contributed by atoms with E-state index in [1.54, 1.807) is 6.33 Å². The van der Waals surface area contributed by atoms with Gasteiger partial charge in [0.1, 0.15) is 0 Å². The summed E-state index contributed by atoms with van der Waals surface area (Å²) in [5.74, 6) is 0.0704. The molecule has 0 saturated heterocycles. The van der Waals surface area contributed by atoms with E-state index in [1.807, 2.05) is 71.4 Å². The Hall–Kier alpha value is -3.85. The van der Waals surface area contributed by atoms with Crippen molar-refractivity contribution in [1.29, 1.82) is 0 Å². The zero-order valence-corrected chi connectivity index (χ0v) is 15.8. The van der Waals surface area contributed by atoms with Crippen molar-refractivity contribution < 1.29 is 9.36 Å². The van der Waals surface area contributed by atoms with Crippen LogP contribution in [0.3, 0.4) is 0 Å². The number of carbonyl (C=O) groups is 1. The molecule has 4 aromatic carbocycles. The molecule has 138 valence electrons. The molecule has 0 atom stereocenters. The van der Waals surface area contributed by atoms with Crippen molar-refractivity contribution in [1.82, 2.24) is 4.98 Å². The van der Waals surface area contributed by atoms with Crippen LogP contribution < -0.4 is 4.57 Å². The summed E-state index contributed by atoms with van der Waals surface area (Å²) in [7, 11) is 0. The third-order valence-corrected chi connectivity index (χ3v) is 5.21. The fourth-order valence-corrected chi connectivity index (χ4v) is 3.62. The van der Waals surface area contributed by atoms with Crippen molar-refractivity contribution in [3.63, 3.8) is 0 Å². The molecule has 5 rings (SSSR count). The summed E-state index contributed by atoms with van der Waals surface area (Å²) < 4.78 is 1.82. The molecular formula is C26H19N2O+. The highest BCUT2D eigenvalue weighted by molar-refractivity contribution is 5.99. The zero-order valence-electron chi connectivity index (χ0n) is 15.8. The molecule has 0 aliphatic rings. The normalized spacial score (nSPS) is 11.0. The van der Waals surface area contributed by atoms with Crippen molar-refractivity contribution in [3.05, 3.63) is 109 Å². The molecule has 5 aromatic rings. The van der Waals surface area contributed by atoms with E-state index >= 15 is 0 Å². The van der Waals surface area contributed by atoms with Gasteiger partial charge in [0, 0.05) is 17.2 Å². The van der Waals surface area contributed by atoms with Crippen LogP contribution in [0.4, 0.5) is 0 Å². The Labute approximate surface area is 168 Å². The molecule has 29 heavy (non-hydrogen) atoms. The van der Waals surface area contributed by atoms with Gasteiger partial charge in [-0.15, -0.1) is 0 Å². The summed E-state index contributed by atoms with van der Waals surface area (Å²) in [6.07, 6.45) is 3.64. The maximum absolute atomic E-state index is 12.7. The second-order valence-corrected chi connectivity index (χ2v) is 7.16. The Bertz CT molecular complexity index is 1340. The average molecular weight is 375 g/mol. The second kappa shape index (κ2) is 7.28. The second-order valence-electron chi connectivity index (χ2n) is 7.16. The highest BCUT2D eigenvalue weighted by Crippen LogP contribution is 2.22. The van der Waals surface area contributed by atoms with Crippen LogP contribution >= 0.6 is 0 Å². The summed E-state index contributed by atoms with van der Waals surface area (Å²) in [6, 6.07) is 30.5. The number of ketones is 1. The number of benzene rings is 4. The number of nitrogens with zero attached hydrogens (tertiary/aromatic N) is 2. The van der Waals surface area contributed by atoms with Gasteiger partial charge in [-0.2, -0.15) is 0 Å². The largest absolute Gasteiger partial charge is 0.290 e. The highest BCUT2D eigenvalue weighted by atomic mass is 16.1. The van der Waals surface area contributed by atoms with E-state index in [1.165, 1.54) is 10.8 Å². The number of hydrogen-bond acceptors (Lipinski definition) is 2. The molecule has 0 radical (unpaired) electrons. The van der Waals surface area contributed by atoms with Gasteiger partial charge in [-0.05, 0) is 44.7 Å². The van der Waals surface area contributed by atoms with Crippen LogP contribution in [-0.2, 0) is 6.54 Å². The molecule has 0 bridgehead atoms. The van der Waals surface area contributed by atoms with Crippen LogP contribution in [0.2, 0.25) is 0 Å². The predicted molar refractivity (Wildman–Crippen MR) is 116 cm³/mol. The minimum absolute atomic E-state index is 0.0704. The maximum atomic E-state index is 12.7. The zero-order chi connectivity index (χ0) is 19.6. The molecule has 0 aliphatic carbocycles.